The number of halogens is 4. The molecule has 0 bridgehead atoms. The number of imidazole rings is 1. The highest BCUT2D eigenvalue weighted by molar-refractivity contribution is 7.48. The van der Waals surface area contributed by atoms with Crippen LogP contribution in [0.2, 0.25) is 0 Å². The minimum absolute atomic E-state index is 0.00210. The van der Waals surface area contributed by atoms with Gasteiger partial charge in [-0.3, -0.25) is 14.0 Å². The van der Waals surface area contributed by atoms with E-state index in [1.807, 2.05) is 0 Å². The van der Waals surface area contributed by atoms with Crippen LogP contribution in [0.3, 0.4) is 0 Å². The topological polar surface area (TPSA) is 177 Å². The number of rotatable bonds is 14. The zero-order valence-electron chi connectivity index (χ0n) is 29.7. The van der Waals surface area contributed by atoms with Crippen LogP contribution in [-0.4, -0.2) is 60.8 Å². The van der Waals surface area contributed by atoms with Gasteiger partial charge in [-0.15, -0.1) is 0 Å². The van der Waals surface area contributed by atoms with E-state index in [4.69, 9.17) is 25.0 Å². The number of phosphoric ester groups is 1. The van der Waals surface area contributed by atoms with Gasteiger partial charge in [-0.05, 0) is 41.7 Å². The van der Waals surface area contributed by atoms with E-state index in [-0.39, 0.29) is 49.8 Å². The molecule has 3 aromatic heterocycles. The molecule has 5 N–H and O–H groups in total. The zero-order chi connectivity index (χ0) is 39.5. The number of nitrogens with zero attached hydrogens (tertiary/aromatic N) is 6. The first-order valence-electron chi connectivity index (χ1n) is 17.5. The highest BCUT2D eigenvalue weighted by Gasteiger charge is 2.43. The number of nitrogen functional groups attached to an aromatic ring is 1. The molecule has 0 radical (unpaired) electrons. The summed E-state index contributed by atoms with van der Waals surface area (Å²) < 4.78 is 91.5. The lowest BCUT2D eigenvalue weighted by Gasteiger charge is -2.44. The first-order chi connectivity index (χ1) is 26.9. The normalized spacial score (nSPS) is 16.7. The molecule has 1 saturated heterocycles. The van der Waals surface area contributed by atoms with Crippen LogP contribution in [0.25, 0.3) is 22.4 Å². The van der Waals surface area contributed by atoms with Crippen molar-refractivity contribution in [1.82, 2.24) is 24.5 Å². The number of piperidine rings is 1. The second-order valence-corrected chi connectivity index (χ2v) is 15.0. The predicted octanol–water partition coefficient (Wildman–Crippen LogP) is 6.64. The molecule has 56 heavy (non-hydrogen) atoms. The SMILES string of the molecule is Nc1ncnc2c1ncn2Cc1cc(-c2cc(F)c(OP(=O)(OCc3ccccc3)OCc3ccccc3)cc2F)ncc1N1CCC[C@](N)([C@H](O)C(F)F)C1. The third kappa shape index (κ3) is 8.51. The second-order valence-electron chi connectivity index (χ2n) is 13.4. The Bertz CT molecular complexity index is 2310. The van der Waals surface area contributed by atoms with E-state index in [0.29, 0.717) is 46.5 Å². The van der Waals surface area contributed by atoms with Crippen LogP contribution >= 0.6 is 7.82 Å². The number of anilines is 2. The third-order valence-electron chi connectivity index (χ3n) is 9.43. The van der Waals surface area contributed by atoms with E-state index in [9.17, 15) is 18.5 Å². The van der Waals surface area contributed by atoms with Gasteiger partial charge in [0.05, 0.1) is 49.2 Å². The number of pyridine rings is 1. The highest BCUT2D eigenvalue weighted by atomic mass is 31.2. The maximum Gasteiger partial charge on any atom is 0.530 e. The Labute approximate surface area is 318 Å². The molecule has 4 heterocycles. The summed E-state index contributed by atoms with van der Waals surface area (Å²) in [4.78, 5) is 18.7. The molecule has 0 amide bonds. The Balaban J connectivity index is 1.22. The standard InChI is InChI=1S/C38H37F4N8O5P/c39-28-16-32(55-56(52,53-19-24-8-3-1-4-9-24)54-20-25-10-5-2-6-11-25)29(40)15-27(28)30-14-26(18-50-23-48-33-36(43)46-22-47-37(33)50)31(17-45-30)49-13-7-12-38(44,21-49)34(51)35(41)42/h1-6,8-11,14-17,22-23,34-35,51H,7,12-13,18-21,44H2,(H2,43,46,47)/t34-,38-/m1/s1. The Morgan fingerprint density at radius 1 is 0.911 bits per heavy atom. The van der Waals surface area contributed by atoms with Crippen molar-refractivity contribution in [3.05, 3.63) is 126 Å². The number of phosphoric acid groups is 1. The number of hydrogen-bond donors (Lipinski definition) is 3. The molecule has 2 atom stereocenters. The highest BCUT2D eigenvalue weighted by Crippen LogP contribution is 2.52. The molecule has 6 aromatic rings. The molecule has 18 heteroatoms. The van der Waals surface area contributed by atoms with Gasteiger partial charge >= 0.3 is 7.82 Å². The lowest BCUT2D eigenvalue weighted by Crippen LogP contribution is -2.63. The molecule has 13 nitrogen and oxygen atoms in total. The summed E-state index contributed by atoms with van der Waals surface area (Å²) in [5, 5.41) is 10.3. The molecule has 1 aliphatic heterocycles. The number of aliphatic hydroxyl groups excluding tert-OH is 1. The molecule has 1 fully saturated rings. The second kappa shape index (κ2) is 16.3. The number of alkyl halides is 2. The first kappa shape index (κ1) is 38.8. The molecule has 0 aliphatic carbocycles. The average Bonchev–Trinajstić information content (AvgIpc) is 3.61. The molecule has 3 aromatic carbocycles. The summed E-state index contributed by atoms with van der Waals surface area (Å²) in [5.74, 6) is -2.63. The lowest BCUT2D eigenvalue weighted by atomic mass is 9.84. The molecular weight excluding hydrogens is 755 g/mol. The third-order valence-corrected chi connectivity index (χ3v) is 10.7. The summed E-state index contributed by atoms with van der Waals surface area (Å²) in [7, 11) is -4.55. The Hall–Kier alpha value is -5.45. The summed E-state index contributed by atoms with van der Waals surface area (Å²) in [6.45, 7) is -0.115. The van der Waals surface area contributed by atoms with Gasteiger partial charge in [0, 0.05) is 24.7 Å². The predicted molar refractivity (Wildman–Crippen MR) is 199 cm³/mol. The summed E-state index contributed by atoms with van der Waals surface area (Å²) >= 11 is 0. The van der Waals surface area contributed by atoms with Crippen molar-refractivity contribution in [2.24, 2.45) is 5.73 Å². The van der Waals surface area contributed by atoms with Crippen LogP contribution in [-0.2, 0) is 33.4 Å². The average molecular weight is 793 g/mol. The lowest BCUT2D eigenvalue weighted by molar-refractivity contribution is -0.0529. The summed E-state index contributed by atoms with van der Waals surface area (Å²) in [5.41, 5.74) is 13.4. The van der Waals surface area contributed by atoms with Crippen LogP contribution in [0, 0.1) is 11.6 Å². The monoisotopic (exact) mass is 792 g/mol. The van der Waals surface area contributed by atoms with E-state index in [1.165, 1.54) is 24.9 Å². The van der Waals surface area contributed by atoms with Gasteiger partial charge in [-0.25, -0.2) is 37.1 Å². The molecule has 292 valence electrons. The fourth-order valence-electron chi connectivity index (χ4n) is 6.52. The summed E-state index contributed by atoms with van der Waals surface area (Å²) in [6.07, 6.45) is -0.459. The first-order valence-corrected chi connectivity index (χ1v) is 18.9. The van der Waals surface area contributed by atoms with Gasteiger partial charge in [0.15, 0.2) is 23.0 Å². The molecule has 0 unspecified atom stereocenters. The van der Waals surface area contributed by atoms with Gasteiger partial charge in [-0.2, -0.15) is 0 Å². The van der Waals surface area contributed by atoms with Crippen molar-refractivity contribution >= 4 is 30.5 Å². The fraction of sp³-hybridized carbons (Fsp3) is 0.263. The maximum atomic E-state index is 16.0. The van der Waals surface area contributed by atoms with Gasteiger partial charge < -0.3 is 30.6 Å². The van der Waals surface area contributed by atoms with E-state index in [1.54, 1.807) is 70.1 Å². The molecule has 1 aliphatic rings. The number of hydrogen-bond acceptors (Lipinski definition) is 12. The van der Waals surface area contributed by atoms with Crippen LogP contribution in [0.4, 0.5) is 29.1 Å². The van der Waals surface area contributed by atoms with Crippen molar-refractivity contribution in [3.8, 4) is 17.0 Å². The minimum Gasteiger partial charge on any atom is -0.401 e. The van der Waals surface area contributed by atoms with Crippen LogP contribution < -0.4 is 20.9 Å². The molecule has 0 spiro atoms. The van der Waals surface area contributed by atoms with E-state index < -0.39 is 43.3 Å². The number of benzene rings is 3. The van der Waals surface area contributed by atoms with E-state index in [2.05, 4.69) is 19.9 Å². The Kier molecular flexibility index (Phi) is 11.3. The Morgan fingerprint density at radius 3 is 2.25 bits per heavy atom. The smallest absolute Gasteiger partial charge is 0.401 e. The van der Waals surface area contributed by atoms with Crippen molar-refractivity contribution in [2.45, 2.75) is 50.7 Å². The van der Waals surface area contributed by atoms with Crippen LogP contribution in [0.15, 0.2) is 97.7 Å². The van der Waals surface area contributed by atoms with Gasteiger partial charge in [0.1, 0.15) is 23.8 Å². The van der Waals surface area contributed by atoms with E-state index in [0.717, 1.165) is 12.1 Å². The van der Waals surface area contributed by atoms with Gasteiger partial charge in [-0.1, -0.05) is 60.7 Å². The Morgan fingerprint density at radius 2 is 1.59 bits per heavy atom. The van der Waals surface area contributed by atoms with Gasteiger partial charge in [0.25, 0.3) is 6.43 Å². The molecule has 7 rings (SSSR count). The quantitative estimate of drug-likeness (QED) is 0.0793. The van der Waals surface area contributed by atoms with Crippen molar-refractivity contribution in [3.63, 3.8) is 0 Å². The van der Waals surface area contributed by atoms with Crippen molar-refractivity contribution < 1.29 is 40.8 Å². The fourth-order valence-corrected chi connectivity index (χ4v) is 7.69. The summed E-state index contributed by atoms with van der Waals surface area (Å²) in [6, 6.07) is 20.6. The number of aromatic nitrogens is 5. The van der Waals surface area contributed by atoms with Gasteiger partial charge in [0.2, 0.25) is 0 Å². The number of nitrogens with two attached hydrogens (primary N) is 2. The number of fused-ring (bicyclic) bond motifs is 1. The van der Waals surface area contributed by atoms with Crippen molar-refractivity contribution in [1.29, 1.82) is 0 Å². The zero-order valence-corrected chi connectivity index (χ0v) is 30.6. The van der Waals surface area contributed by atoms with Crippen molar-refractivity contribution in [2.75, 3.05) is 23.7 Å². The number of aliphatic hydroxyl groups is 1. The van der Waals surface area contributed by atoms with Crippen LogP contribution in [0.5, 0.6) is 5.75 Å². The molecule has 0 saturated carbocycles. The largest absolute Gasteiger partial charge is 0.530 e. The minimum atomic E-state index is -4.55. The van der Waals surface area contributed by atoms with Crippen LogP contribution in [0.1, 0.15) is 29.5 Å². The molecular formula is C38H37F4N8O5P. The maximum absolute atomic E-state index is 16.0. The van der Waals surface area contributed by atoms with E-state index >= 15 is 8.78 Å².